The minimum Gasteiger partial charge on any atom is -0.484 e. The molecule has 0 saturated carbocycles. The third-order valence-electron chi connectivity index (χ3n) is 17.8. The van der Waals surface area contributed by atoms with E-state index in [0.717, 1.165) is 101 Å². The number of thioether (sulfide) groups is 1. The van der Waals surface area contributed by atoms with Crippen LogP contribution < -0.4 is 0 Å². The molecule has 79 heavy (non-hydrogen) atoms. The summed E-state index contributed by atoms with van der Waals surface area (Å²) in [6, 6.07) is 39.9. The summed E-state index contributed by atoms with van der Waals surface area (Å²) in [5.74, 6) is 2.77. The van der Waals surface area contributed by atoms with Gasteiger partial charge >= 0.3 is 0 Å². The zero-order chi connectivity index (χ0) is 52.1. The largest absolute Gasteiger partial charge is 0.484 e. The molecule has 0 N–H and O–H groups in total. The number of hydrogen-bond acceptors (Lipinski definition) is 7. The van der Waals surface area contributed by atoms with Crippen LogP contribution in [-0.2, 0) is 4.74 Å². The molecule has 0 bridgehead atoms. The van der Waals surface area contributed by atoms with Crippen LogP contribution in [0.15, 0.2) is 239 Å². The van der Waals surface area contributed by atoms with Gasteiger partial charge in [0.15, 0.2) is 0 Å². The molecule has 0 spiro atoms. The third-order valence-corrected chi connectivity index (χ3v) is 19.4. The maximum Gasteiger partial charge on any atom is 0.142 e. The zero-order valence-corrected chi connectivity index (χ0v) is 44.2. The summed E-state index contributed by atoms with van der Waals surface area (Å²) in [7, 11) is 0. The van der Waals surface area contributed by atoms with Gasteiger partial charge < -0.3 is 18.3 Å². The lowest BCUT2D eigenvalue weighted by Crippen LogP contribution is -2.34. The van der Waals surface area contributed by atoms with Crippen molar-refractivity contribution in [1.82, 2.24) is 29.1 Å². The highest BCUT2D eigenvalue weighted by Gasteiger charge is 2.51. The van der Waals surface area contributed by atoms with E-state index in [1.165, 1.54) is 49.4 Å². The lowest BCUT2D eigenvalue weighted by atomic mass is 9.71. The number of para-hydroxylation sites is 1. The van der Waals surface area contributed by atoms with E-state index in [9.17, 15) is 0 Å². The highest BCUT2D eigenvalue weighted by molar-refractivity contribution is 8.01. The van der Waals surface area contributed by atoms with Crippen molar-refractivity contribution in [2.75, 3.05) is 0 Å². The van der Waals surface area contributed by atoms with Gasteiger partial charge in [0, 0.05) is 127 Å². The molecule has 9 heteroatoms. The standard InChI is InChI=1S/C70H50N6O2S/c1-40-32-53(42-11-4-13-44(35-42)76-63-26-30-73-38-57(63)58-39-74-31-27-64(58)76)68-54(33-40)49-18-7-20-51(67(49)78-68)59-22-9-23-60-52-21-8-19-50(69(52)79-70(59,60)2)48-17-6-16-47-46-15-5-14-45(65(46)77-66(47)48)41-10-3-12-43(34-41)75-61-24-28-71-36-55(61)56-37-72-29-25-62(56)75/h3-13,15-32,34-40,45,49,60,67H,14,33H2,1-2H3. The van der Waals surface area contributed by atoms with Crippen molar-refractivity contribution >= 4 is 78.0 Å². The van der Waals surface area contributed by atoms with E-state index in [1.54, 1.807) is 0 Å². The number of allylic oxidation sites excluding steroid dienone is 8. The van der Waals surface area contributed by atoms with Crippen LogP contribution >= 0.6 is 11.8 Å². The Balaban J connectivity index is 0.696. The maximum absolute atomic E-state index is 7.44. The van der Waals surface area contributed by atoms with Crippen LogP contribution in [0.2, 0.25) is 0 Å². The quantitative estimate of drug-likeness (QED) is 0.164. The van der Waals surface area contributed by atoms with Crippen LogP contribution in [-0.4, -0.2) is 39.9 Å². The predicted octanol–water partition coefficient (Wildman–Crippen LogP) is 16.8. The lowest BCUT2D eigenvalue weighted by Gasteiger charge is -2.38. The van der Waals surface area contributed by atoms with Gasteiger partial charge in [-0.1, -0.05) is 122 Å². The van der Waals surface area contributed by atoms with Crippen LogP contribution in [0.5, 0.6) is 0 Å². The van der Waals surface area contributed by atoms with Crippen molar-refractivity contribution in [1.29, 1.82) is 0 Å². The Morgan fingerprint density at radius 1 is 0.658 bits per heavy atom. The van der Waals surface area contributed by atoms with Crippen LogP contribution in [0.4, 0.5) is 0 Å². The van der Waals surface area contributed by atoms with E-state index in [1.807, 2.05) is 61.3 Å². The molecule has 0 fully saturated rings. The molecule has 4 aliphatic carbocycles. The second-order valence-corrected chi connectivity index (χ2v) is 23.7. The fourth-order valence-electron chi connectivity index (χ4n) is 14.4. The monoisotopic (exact) mass is 1040 g/mol. The highest BCUT2D eigenvalue weighted by atomic mass is 32.2. The first-order valence-corrected chi connectivity index (χ1v) is 28.3. The van der Waals surface area contributed by atoms with Gasteiger partial charge in [-0.15, -0.1) is 11.8 Å². The first kappa shape index (κ1) is 45.0. The summed E-state index contributed by atoms with van der Waals surface area (Å²) >= 11 is 2.01. The predicted molar refractivity (Wildman–Crippen MR) is 318 cm³/mol. The number of hydrogen-bond donors (Lipinski definition) is 0. The van der Waals surface area contributed by atoms with E-state index < -0.39 is 0 Å². The molecule has 4 aromatic carbocycles. The molecule has 378 valence electrons. The average Bonchev–Trinajstić information content (AvgIpc) is 4.36. The summed E-state index contributed by atoms with van der Waals surface area (Å²) in [6.45, 7) is 4.80. The first-order valence-electron chi connectivity index (χ1n) is 27.5. The fraction of sp³-hybridized carbons (Fsp3) is 0.143. The van der Waals surface area contributed by atoms with Gasteiger partial charge in [-0.2, -0.15) is 0 Å². The molecule has 6 atom stereocenters. The topological polar surface area (TPSA) is 83.8 Å². The molecule has 0 amide bonds. The average molecular weight is 1040 g/mol. The normalized spacial score (nSPS) is 22.7. The Bertz CT molecular complexity index is 4600. The van der Waals surface area contributed by atoms with Crippen molar-refractivity contribution in [3.05, 3.63) is 258 Å². The Labute approximate surface area is 460 Å². The molecule has 17 rings (SSSR count). The molecular formula is C70H50N6O2S. The van der Waals surface area contributed by atoms with Crippen molar-refractivity contribution in [3.63, 3.8) is 0 Å². The first-order chi connectivity index (χ1) is 39.0. The molecule has 2 aliphatic heterocycles. The minimum atomic E-state index is -0.284. The summed E-state index contributed by atoms with van der Waals surface area (Å²) in [5.41, 5.74) is 20.0. The lowest BCUT2D eigenvalue weighted by molar-refractivity contribution is 0.166. The number of aromatic nitrogens is 6. The highest BCUT2D eigenvalue weighted by Crippen LogP contribution is 2.64. The number of benzene rings is 4. The second-order valence-electron chi connectivity index (χ2n) is 22.2. The Kier molecular flexibility index (Phi) is 9.67. The van der Waals surface area contributed by atoms with Crippen molar-refractivity contribution < 1.29 is 9.15 Å². The second kappa shape index (κ2) is 17.0. The minimum absolute atomic E-state index is 0.0499. The smallest absolute Gasteiger partial charge is 0.142 e. The maximum atomic E-state index is 7.44. The fourth-order valence-corrected chi connectivity index (χ4v) is 16.0. The number of furan rings is 1. The zero-order valence-electron chi connectivity index (χ0n) is 43.4. The van der Waals surface area contributed by atoms with Crippen molar-refractivity contribution in [3.8, 4) is 22.5 Å². The van der Waals surface area contributed by atoms with E-state index in [-0.39, 0.29) is 28.6 Å². The van der Waals surface area contributed by atoms with E-state index >= 15 is 0 Å². The molecule has 0 radical (unpaired) electrons. The molecule has 6 unspecified atom stereocenters. The van der Waals surface area contributed by atoms with Crippen LogP contribution in [0.3, 0.4) is 0 Å². The molecule has 7 aromatic heterocycles. The van der Waals surface area contributed by atoms with Gasteiger partial charge in [-0.25, -0.2) is 0 Å². The van der Waals surface area contributed by atoms with Gasteiger partial charge in [0.2, 0.25) is 0 Å². The summed E-state index contributed by atoms with van der Waals surface area (Å²) in [6.07, 6.45) is 38.1. The van der Waals surface area contributed by atoms with Gasteiger partial charge in [0.1, 0.15) is 23.2 Å². The Morgan fingerprint density at radius 2 is 1.30 bits per heavy atom. The Morgan fingerprint density at radius 3 is 2.03 bits per heavy atom. The molecule has 8 nitrogen and oxygen atoms in total. The third kappa shape index (κ3) is 6.51. The summed E-state index contributed by atoms with van der Waals surface area (Å²) < 4.78 is 19.1. The molecule has 0 saturated heterocycles. The van der Waals surface area contributed by atoms with Gasteiger partial charge in [-0.05, 0) is 113 Å². The van der Waals surface area contributed by atoms with Crippen LogP contribution in [0, 0.1) is 11.8 Å². The molecule has 9 heterocycles. The molecular weight excluding hydrogens is 989 g/mol. The molecule has 11 aromatic rings. The number of ether oxygens (including phenoxy) is 1. The van der Waals surface area contributed by atoms with Gasteiger partial charge in [0.05, 0.1) is 26.8 Å². The van der Waals surface area contributed by atoms with Crippen LogP contribution in [0.1, 0.15) is 66.5 Å². The van der Waals surface area contributed by atoms with Gasteiger partial charge in [-0.3, -0.25) is 19.9 Å². The number of nitrogens with zero attached hydrogens (tertiary/aromatic N) is 6. The number of pyridine rings is 4. The Hall–Kier alpha value is -9.05. The SMILES string of the molecule is CC1C=C(c2cccc(-n3c4ccncc4c4cnccc43)c2)C2=C(C1)C1C=CC=C(C3=CC=CC4c5cccc(-c6cccc7c8c(oc67)C(c6cccc(-n7c9ccncc9c9cnccc97)c6)CC=C8)c5SC34C)C1O2. The van der Waals surface area contributed by atoms with Crippen molar-refractivity contribution in [2.45, 2.75) is 54.3 Å². The van der Waals surface area contributed by atoms with E-state index in [0.29, 0.717) is 5.92 Å². The number of rotatable bonds is 6. The summed E-state index contributed by atoms with van der Waals surface area (Å²) in [4.78, 5) is 19.2. The van der Waals surface area contributed by atoms with Crippen LogP contribution in [0.25, 0.3) is 88.7 Å². The van der Waals surface area contributed by atoms with Crippen molar-refractivity contribution in [2.24, 2.45) is 11.8 Å². The van der Waals surface area contributed by atoms with E-state index in [2.05, 4.69) is 207 Å². The number of fused-ring (bicyclic) bond motifs is 14. The summed E-state index contributed by atoms with van der Waals surface area (Å²) in [5, 5.41) is 5.52. The van der Waals surface area contributed by atoms with E-state index in [4.69, 9.17) is 9.15 Å². The van der Waals surface area contributed by atoms with Gasteiger partial charge in [0.25, 0.3) is 0 Å². The molecule has 6 aliphatic rings.